The Labute approximate surface area is 135 Å². The van der Waals surface area contributed by atoms with Crippen LogP contribution < -0.4 is 0 Å². The summed E-state index contributed by atoms with van der Waals surface area (Å²) >= 11 is 0. The van der Waals surface area contributed by atoms with Gasteiger partial charge in [0.15, 0.2) is 9.84 Å². The van der Waals surface area contributed by atoms with Crippen LogP contribution in [0.1, 0.15) is 46.5 Å². The predicted octanol–water partition coefficient (Wildman–Crippen LogP) is 3.75. The average Bonchev–Trinajstić information content (AvgIpc) is 2.50. The van der Waals surface area contributed by atoms with Crippen molar-refractivity contribution in [3.05, 3.63) is 30.3 Å². The van der Waals surface area contributed by atoms with Gasteiger partial charge in [-0.15, -0.1) is 0 Å². The fourth-order valence-corrected chi connectivity index (χ4v) is 4.63. The quantitative estimate of drug-likeness (QED) is 0.800. The summed E-state index contributed by atoms with van der Waals surface area (Å²) in [4.78, 5) is 2.91. The molecule has 1 heterocycles. The van der Waals surface area contributed by atoms with Crippen LogP contribution >= 0.6 is 0 Å². The summed E-state index contributed by atoms with van der Waals surface area (Å²) in [6, 6.07) is 8.82. The van der Waals surface area contributed by atoms with Gasteiger partial charge in [0.05, 0.1) is 9.64 Å². The largest absolute Gasteiger partial charge is 0.303 e. The minimum absolute atomic E-state index is 0.437. The fraction of sp³-hybridized carbons (Fsp3) is 0.667. The van der Waals surface area contributed by atoms with Crippen molar-refractivity contribution >= 4 is 9.84 Å². The summed E-state index contributed by atoms with van der Waals surface area (Å²) in [5.74, 6) is 0.839. The molecular formula is C18H29NO2S. The highest BCUT2D eigenvalue weighted by molar-refractivity contribution is 7.92. The highest BCUT2D eigenvalue weighted by Crippen LogP contribution is 2.29. The maximum atomic E-state index is 12.8. The van der Waals surface area contributed by atoms with Crippen LogP contribution in [0.3, 0.4) is 0 Å². The first-order chi connectivity index (χ1) is 10.3. The van der Waals surface area contributed by atoms with E-state index in [9.17, 15) is 8.42 Å². The van der Waals surface area contributed by atoms with Gasteiger partial charge in [-0.05, 0) is 77.2 Å². The molecule has 1 aromatic carbocycles. The molecule has 124 valence electrons. The molecule has 1 fully saturated rings. The van der Waals surface area contributed by atoms with Crippen LogP contribution in [0, 0.1) is 5.92 Å². The number of likely N-dealkylation sites (tertiary alicyclic amines) is 1. The highest BCUT2D eigenvalue weighted by atomic mass is 32.2. The maximum absolute atomic E-state index is 12.8. The maximum Gasteiger partial charge on any atom is 0.183 e. The van der Waals surface area contributed by atoms with Crippen molar-refractivity contribution in [2.45, 2.75) is 56.1 Å². The Bertz CT molecular complexity index is 558. The number of rotatable bonds is 6. The van der Waals surface area contributed by atoms with E-state index < -0.39 is 14.6 Å². The Balaban J connectivity index is 1.91. The molecule has 0 unspecified atom stereocenters. The second-order valence-corrected chi connectivity index (χ2v) is 9.79. The number of piperidine rings is 1. The standard InChI is InChI=1S/C18H29NO2S/c1-16-10-14-19(15-11-16)13-7-12-18(2,3)22(20,21)17-8-5-4-6-9-17/h4-6,8-9,16H,7,10-15H2,1-3H3. The summed E-state index contributed by atoms with van der Waals surface area (Å²) in [6.07, 6.45) is 4.18. The van der Waals surface area contributed by atoms with E-state index in [4.69, 9.17) is 0 Å². The van der Waals surface area contributed by atoms with Gasteiger partial charge >= 0.3 is 0 Å². The highest BCUT2D eigenvalue weighted by Gasteiger charge is 2.35. The molecule has 1 aliphatic rings. The third-order valence-corrected chi connectivity index (χ3v) is 7.46. The van der Waals surface area contributed by atoms with Crippen molar-refractivity contribution in [3.63, 3.8) is 0 Å². The molecule has 4 heteroatoms. The van der Waals surface area contributed by atoms with Crippen molar-refractivity contribution in [2.24, 2.45) is 5.92 Å². The molecular weight excluding hydrogens is 294 g/mol. The third kappa shape index (κ3) is 4.11. The van der Waals surface area contributed by atoms with E-state index in [-0.39, 0.29) is 0 Å². The van der Waals surface area contributed by atoms with Crippen LogP contribution in [0.5, 0.6) is 0 Å². The second-order valence-electron chi connectivity index (χ2n) is 7.20. The van der Waals surface area contributed by atoms with E-state index in [2.05, 4.69) is 11.8 Å². The molecule has 0 radical (unpaired) electrons. The number of nitrogens with zero attached hydrogens (tertiary/aromatic N) is 1. The van der Waals surface area contributed by atoms with E-state index in [0.717, 1.165) is 32.0 Å². The Hall–Kier alpha value is -0.870. The molecule has 22 heavy (non-hydrogen) atoms. The van der Waals surface area contributed by atoms with Crippen molar-refractivity contribution in [2.75, 3.05) is 19.6 Å². The fourth-order valence-electron chi connectivity index (χ4n) is 3.07. The molecule has 0 N–H and O–H groups in total. The summed E-state index contributed by atoms with van der Waals surface area (Å²) in [6.45, 7) is 9.36. The molecule has 0 spiro atoms. The zero-order valence-corrected chi connectivity index (χ0v) is 14.9. The lowest BCUT2D eigenvalue weighted by molar-refractivity contribution is 0.188. The van der Waals surface area contributed by atoms with Gasteiger partial charge in [0.1, 0.15) is 0 Å². The summed E-state index contributed by atoms with van der Waals surface area (Å²) in [5.41, 5.74) is 0. The monoisotopic (exact) mass is 323 g/mol. The normalized spacial score (nSPS) is 18.5. The molecule has 0 amide bonds. The van der Waals surface area contributed by atoms with Crippen LogP contribution in [-0.2, 0) is 9.84 Å². The average molecular weight is 324 g/mol. The molecule has 1 aliphatic heterocycles. The molecule has 0 atom stereocenters. The van der Waals surface area contributed by atoms with Gasteiger partial charge in [-0.1, -0.05) is 25.1 Å². The molecule has 0 aliphatic carbocycles. The van der Waals surface area contributed by atoms with Gasteiger partial charge in [0.25, 0.3) is 0 Å². The van der Waals surface area contributed by atoms with Gasteiger partial charge in [-0.3, -0.25) is 0 Å². The van der Waals surface area contributed by atoms with Gasteiger partial charge in [0, 0.05) is 0 Å². The van der Waals surface area contributed by atoms with E-state index in [1.54, 1.807) is 24.3 Å². The lowest BCUT2D eigenvalue weighted by atomic mass is 9.98. The summed E-state index contributed by atoms with van der Waals surface area (Å²) in [7, 11) is -3.27. The Morgan fingerprint density at radius 3 is 2.32 bits per heavy atom. The molecule has 1 aromatic rings. The Kier molecular flexibility index (Phi) is 5.67. The molecule has 2 rings (SSSR count). The number of benzene rings is 1. The van der Waals surface area contributed by atoms with Crippen molar-refractivity contribution in [3.8, 4) is 0 Å². The zero-order chi connectivity index (χ0) is 16.2. The summed E-state index contributed by atoms with van der Waals surface area (Å²) < 4.78 is 24.8. The first kappa shape index (κ1) is 17.5. The smallest absolute Gasteiger partial charge is 0.183 e. The van der Waals surface area contributed by atoms with Crippen LogP contribution in [0.2, 0.25) is 0 Å². The topological polar surface area (TPSA) is 37.4 Å². The zero-order valence-electron chi connectivity index (χ0n) is 14.1. The van der Waals surface area contributed by atoms with Crippen LogP contribution in [0.15, 0.2) is 35.2 Å². The summed E-state index contributed by atoms with van der Waals surface area (Å²) in [5, 5.41) is 0. The van der Waals surface area contributed by atoms with Crippen molar-refractivity contribution < 1.29 is 8.42 Å². The third-order valence-electron chi connectivity index (χ3n) is 4.91. The molecule has 0 bridgehead atoms. The predicted molar refractivity (Wildman–Crippen MR) is 91.8 cm³/mol. The first-order valence-electron chi connectivity index (χ1n) is 8.35. The SMILES string of the molecule is CC1CCN(CCCC(C)(C)S(=O)(=O)c2ccccc2)CC1. The van der Waals surface area contributed by atoms with Gasteiger partial charge in [-0.25, -0.2) is 8.42 Å². The van der Waals surface area contributed by atoms with Gasteiger partial charge in [0.2, 0.25) is 0 Å². The first-order valence-corrected chi connectivity index (χ1v) is 9.83. The minimum atomic E-state index is -3.27. The Morgan fingerprint density at radius 2 is 1.73 bits per heavy atom. The number of hydrogen-bond donors (Lipinski definition) is 0. The van der Waals surface area contributed by atoms with Crippen molar-refractivity contribution in [1.82, 2.24) is 4.90 Å². The number of sulfone groups is 1. The second kappa shape index (κ2) is 7.14. The lowest BCUT2D eigenvalue weighted by Crippen LogP contribution is -2.36. The van der Waals surface area contributed by atoms with E-state index in [1.807, 2.05) is 19.9 Å². The minimum Gasteiger partial charge on any atom is -0.303 e. The van der Waals surface area contributed by atoms with Gasteiger partial charge < -0.3 is 4.90 Å². The van der Waals surface area contributed by atoms with E-state index in [0.29, 0.717) is 11.3 Å². The van der Waals surface area contributed by atoms with Crippen LogP contribution in [-0.4, -0.2) is 37.7 Å². The van der Waals surface area contributed by atoms with Crippen LogP contribution in [0.4, 0.5) is 0 Å². The molecule has 0 aromatic heterocycles. The van der Waals surface area contributed by atoms with E-state index >= 15 is 0 Å². The van der Waals surface area contributed by atoms with Crippen LogP contribution in [0.25, 0.3) is 0 Å². The van der Waals surface area contributed by atoms with Crippen molar-refractivity contribution in [1.29, 1.82) is 0 Å². The molecule has 0 saturated carbocycles. The Morgan fingerprint density at radius 1 is 1.14 bits per heavy atom. The molecule has 1 saturated heterocycles. The van der Waals surface area contributed by atoms with Gasteiger partial charge in [-0.2, -0.15) is 0 Å². The number of hydrogen-bond acceptors (Lipinski definition) is 3. The molecule has 3 nitrogen and oxygen atoms in total. The lowest BCUT2D eigenvalue weighted by Gasteiger charge is -2.31. The van der Waals surface area contributed by atoms with E-state index in [1.165, 1.54) is 12.8 Å².